The van der Waals surface area contributed by atoms with E-state index in [4.69, 9.17) is 10.7 Å². The second-order valence-electron chi connectivity index (χ2n) is 7.54. The molecule has 1 aliphatic carbocycles. The summed E-state index contributed by atoms with van der Waals surface area (Å²) < 4.78 is 2.04. The fourth-order valence-electron chi connectivity index (χ4n) is 4.28. The maximum atomic E-state index is 13.4. The minimum absolute atomic E-state index is 0.103. The molecule has 0 amide bonds. The van der Waals surface area contributed by atoms with E-state index in [1.165, 1.54) is 0 Å². The molecule has 5 rings (SSSR count). The number of aromatic nitrogens is 4. The lowest BCUT2D eigenvalue weighted by Gasteiger charge is -2.33. The molecule has 26 heavy (non-hydrogen) atoms. The molecule has 136 valence electrons. The van der Waals surface area contributed by atoms with E-state index in [2.05, 4.69) is 14.9 Å². The molecule has 1 saturated heterocycles. The van der Waals surface area contributed by atoms with E-state index in [1.807, 2.05) is 16.8 Å². The van der Waals surface area contributed by atoms with E-state index in [0.717, 1.165) is 73.1 Å². The van der Waals surface area contributed by atoms with Gasteiger partial charge in [0, 0.05) is 49.7 Å². The summed E-state index contributed by atoms with van der Waals surface area (Å²) >= 11 is 0. The fraction of sp³-hybridized carbons (Fsp3) is 0.526. The SMILES string of the molecule is NCCN1CCC(n2c(=O)c(C3CC3)nc3cnc4[nH]ccc4c32)CC1. The van der Waals surface area contributed by atoms with Crippen LogP contribution in [0.3, 0.4) is 0 Å². The first-order valence-electron chi connectivity index (χ1n) is 9.57. The summed E-state index contributed by atoms with van der Waals surface area (Å²) in [6.07, 6.45) is 7.77. The summed E-state index contributed by atoms with van der Waals surface area (Å²) in [5.74, 6) is 0.331. The van der Waals surface area contributed by atoms with Crippen LogP contribution in [-0.2, 0) is 0 Å². The third kappa shape index (κ3) is 2.54. The van der Waals surface area contributed by atoms with E-state index in [-0.39, 0.29) is 11.6 Å². The lowest BCUT2D eigenvalue weighted by atomic mass is 10.0. The molecule has 1 aliphatic heterocycles. The Balaban J connectivity index is 1.68. The van der Waals surface area contributed by atoms with Crippen molar-refractivity contribution >= 4 is 22.1 Å². The van der Waals surface area contributed by atoms with Gasteiger partial charge in [0.15, 0.2) is 0 Å². The van der Waals surface area contributed by atoms with Crippen LogP contribution in [0, 0.1) is 0 Å². The van der Waals surface area contributed by atoms with Crippen LogP contribution in [0.25, 0.3) is 22.1 Å². The molecule has 3 N–H and O–H groups in total. The first-order chi connectivity index (χ1) is 12.8. The van der Waals surface area contributed by atoms with E-state index >= 15 is 0 Å². The zero-order valence-electron chi connectivity index (χ0n) is 14.8. The van der Waals surface area contributed by atoms with Crippen molar-refractivity contribution in [2.45, 2.75) is 37.6 Å². The summed E-state index contributed by atoms with van der Waals surface area (Å²) in [6, 6.07) is 2.21. The predicted molar refractivity (Wildman–Crippen MR) is 101 cm³/mol. The second-order valence-corrected chi connectivity index (χ2v) is 7.54. The van der Waals surface area contributed by atoms with Gasteiger partial charge in [0.25, 0.3) is 5.56 Å². The van der Waals surface area contributed by atoms with Crippen molar-refractivity contribution < 1.29 is 0 Å². The molecule has 0 aromatic carbocycles. The van der Waals surface area contributed by atoms with E-state index in [0.29, 0.717) is 12.5 Å². The van der Waals surface area contributed by atoms with Crippen LogP contribution in [0.1, 0.15) is 43.3 Å². The minimum atomic E-state index is 0.103. The summed E-state index contributed by atoms with van der Waals surface area (Å²) in [5, 5.41) is 0.985. The largest absolute Gasteiger partial charge is 0.346 e. The highest BCUT2D eigenvalue weighted by Crippen LogP contribution is 2.39. The van der Waals surface area contributed by atoms with Crippen molar-refractivity contribution in [3.05, 3.63) is 34.5 Å². The molecule has 7 heteroatoms. The zero-order valence-corrected chi connectivity index (χ0v) is 14.8. The van der Waals surface area contributed by atoms with Crippen molar-refractivity contribution in [1.29, 1.82) is 0 Å². The third-order valence-corrected chi connectivity index (χ3v) is 5.79. The minimum Gasteiger partial charge on any atom is -0.346 e. The molecule has 0 bridgehead atoms. The van der Waals surface area contributed by atoms with Crippen LogP contribution in [0.15, 0.2) is 23.3 Å². The average Bonchev–Trinajstić information content (AvgIpc) is 3.38. The Morgan fingerprint density at radius 1 is 1.23 bits per heavy atom. The average molecular weight is 352 g/mol. The summed E-state index contributed by atoms with van der Waals surface area (Å²) in [6.45, 7) is 3.58. The van der Waals surface area contributed by atoms with Gasteiger partial charge in [-0.25, -0.2) is 9.97 Å². The maximum Gasteiger partial charge on any atom is 0.273 e. The van der Waals surface area contributed by atoms with Gasteiger partial charge < -0.3 is 20.2 Å². The first-order valence-corrected chi connectivity index (χ1v) is 9.57. The molecular weight excluding hydrogens is 328 g/mol. The molecule has 0 spiro atoms. The third-order valence-electron chi connectivity index (χ3n) is 5.79. The van der Waals surface area contributed by atoms with Crippen LogP contribution in [-0.4, -0.2) is 50.6 Å². The standard InChI is InChI=1S/C19H24N6O/c20-6-10-24-8-4-13(5-9-24)25-17-14-3-7-21-18(14)22-11-15(17)23-16(19(25)26)12-1-2-12/h3,7,11-13H,1-2,4-6,8-10,20H2,(H,21,22). The number of hydrogen-bond acceptors (Lipinski definition) is 5. The molecule has 7 nitrogen and oxygen atoms in total. The molecule has 0 unspecified atom stereocenters. The van der Waals surface area contributed by atoms with Crippen LogP contribution < -0.4 is 11.3 Å². The Bertz CT molecular complexity index is 1010. The molecular formula is C19H24N6O. The Kier molecular flexibility index (Phi) is 3.79. The lowest BCUT2D eigenvalue weighted by molar-refractivity contribution is 0.191. The molecule has 2 fully saturated rings. The normalized spacial score (nSPS) is 19.6. The van der Waals surface area contributed by atoms with Crippen LogP contribution >= 0.6 is 0 Å². The number of H-pyrrole nitrogens is 1. The van der Waals surface area contributed by atoms with Crippen molar-refractivity contribution in [3.8, 4) is 0 Å². The number of nitrogens with two attached hydrogens (primary N) is 1. The van der Waals surface area contributed by atoms with Gasteiger partial charge in [-0.05, 0) is 31.7 Å². The number of aromatic amines is 1. The van der Waals surface area contributed by atoms with Crippen molar-refractivity contribution in [2.75, 3.05) is 26.2 Å². The number of rotatable bonds is 4. The highest BCUT2D eigenvalue weighted by atomic mass is 16.1. The van der Waals surface area contributed by atoms with Gasteiger partial charge in [-0.2, -0.15) is 0 Å². The van der Waals surface area contributed by atoms with E-state index < -0.39 is 0 Å². The quantitative estimate of drug-likeness (QED) is 0.746. The monoisotopic (exact) mass is 352 g/mol. The smallest absolute Gasteiger partial charge is 0.273 e. The van der Waals surface area contributed by atoms with E-state index in [9.17, 15) is 4.79 Å². The van der Waals surface area contributed by atoms with Gasteiger partial charge in [-0.1, -0.05) is 0 Å². The number of fused-ring (bicyclic) bond motifs is 3. The maximum absolute atomic E-state index is 13.4. The lowest BCUT2D eigenvalue weighted by Crippen LogP contribution is -2.40. The molecule has 3 aromatic heterocycles. The summed E-state index contributed by atoms with van der Waals surface area (Å²) in [7, 11) is 0. The molecule has 0 radical (unpaired) electrons. The number of hydrogen-bond donors (Lipinski definition) is 2. The molecule has 3 aromatic rings. The van der Waals surface area contributed by atoms with Gasteiger partial charge >= 0.3 is 0 Å². The van der Waals surface area contributed by atoms with Crippen molar-refractivity contribution in [1.82, 2.24) is 24.4 Å². The second kappa shape index (κ2) is 6.17. The molecule has 2 aliphatic rings. The zero-order chi connectivity index (χ0) is 17.7. The Morgan fingerprint density at radius 3 is 2.77 bits per heavy atom. The van der Waals surface area contributed by atoms with Crippen molar-refractivity contribution in [3.63, 3.8) is 0 Å². The Morgan fingerprint density at radius 2 is 2.04 bits per heavy atom. The van der Waals surface area contributed by atoms with Gasteiger partial charge in [-0.3, -0.25) is 4.79 Å². The molecule has 0 atom stereocenters. The van der Waals surface area contributed by atoms with Gasteiger partial charge in [0.2, 0.25) is 0 Å². The van der Waals surface area contributed by atoms with Crippen LogP contribution in [0.2, 0.25) is 0 Å². The van der Waals surface area contributed by atoms with Gasteiger partial charge in [0.05, 0.1) is 11.7 Å². The number of nitrogens with one attached hydrogen (secondary N) is 1. The van der Waals surface area contributed by atoms with Crippen LogP contribution in [0.5, 0.6) is 0 Å². The van der Waals surface area contributed by atoms with Gasteiger partial charge in [0.1, 0.15) is 16.9 Å². The molecule has 4 heterocycles. The van der Waals surface area contributed by atoms with Crippen molar-refractivity contribution in [2.24, 2.45) is 5.73 Å². The van der Waals surface area contributed by atoms with Crippen LogP contribution in [0.4, 0.5) is 0 Å². The Hall–Kier alpha value is -2.25. The molecule has 1 saturated carbocycles. The van der Waals surface area contributed by atoms with E-state index in [1.54, 1.807) is 6.20 Å². The fourth-order valence-corrected chi connectivity index (χ4v) is 4.28. The Labute approximate surface area is 151 Å². The summed E-state index contributed by atoms with van der Waals surface area (Å²) in [4.78, 5) is 28.1. The topological polar surface area (TPSA) is 92.8 Å². The van der Waals surface area contributed by atoms with Gasteiger partial charge in [-0.15, -0.1) is 0 Å². The number of likely N-dealkylation sites (tertiary alicyclic amines) is 1. The number of piperidine rings is 1. The highest BCUT2D eigenvalue weighted by molar-refractivity contribution is 6.00. The first kappa shape index (κ1) is 16.0. The predicted octanol–water partition coefficient (Wildman–Crippen LogP) is 1.75. The number of pyridine rings is 1. The summed E-state index contributed by atoms with van der Waals surface area (Å²) in [5.41, 5.74) is 9.12. The number of nitrogens with zero attached hydrogens (tertiary/aromatic N) is 4. The highest BCUT2D eigenvalue weighted by Gasteiger charge is 2.32.